The minimum atomic E-state index is -0.121. The summed E-state index contributed by atoms with van der Waals surface area (Å²) in [5.41, 5.74) is 1.97. The summed E-state index contributed by atoms with van der Waals surface area (Å²) in [6, 6.07) is 5.99. The Morgan fingerprint density at radius 2 is 1.83 bits per heavy atom. The summed E-state index contributed by atoms with van der Waals surface area (Å²) in [5.74, 6) is 1.63. The molecule has 1 aliphatic heterocycles. The second kappa shape index (κ2) is 10.3. The summed E-state index contributed by atoms with van der Waals surface area (Å²) in [5, 5.41) is 6.39. The summed E-state index contributed by atoms with van der Waals surface area (Å²) in [6.45, 7) is 2.62. The lowest BCUT2D eigenvalue weighted by atomic mass is 10.1. The van der Waals surface area contributed by atoms with Crippen molar-refractivity contribution in [1.82, 2.24) is 15.3 Å². The van der Waals surface area contributed by atoms with Crippen LogP contribution in [0.2, 0.25) is 0 Å². The SMILES string of the molecule is COc1cc(C(=O)NC2CCCC2)ccc1Nc1ncc2c(n1)N(C1CCCC1)C[C@@H](C)C(=O)N2C. The third-order valence-electron chi connectivity index (χ3n) is 7.77. The fourth-order valence-electron chi connectivity index (χ4n) is 5.72. The van der Waals surface area contributed by atoms with Gasteiger partial charge in [-0.3, -0.25) is 9.59 Å². The number of methoxy groups -OCH3 is 1. The lowest BCUT2D eigenvalue weighted by Crippen LogP contribution is -2.38. The molecule has 2 aliphatic carbocycles. The molecule has 2 heterocycles. The van der Waals surface area contributed by atoms with Crippen molar-refractivity contribution < 1.29 is 14.3 Å². The van der Waals surface area contributed by atoms with E-state index in [9.17, 15) is 9.59 Å². The highest BCUT2D eigenvalue weighted by atomic mass is 16.5. The Hall–Kier alpha value is -3.36. The highest BCUT2D eigenvalue weighted by Crippen LogP contribution is 2.38. The summed E-state index contributed by atoms with van der Waals surface area (Å²) in [4.78, 5) is 39.0. The summed E-state index contributed by atoms with van der Waals surface area (Å²) >= 11 is 0. The molecule has 0 bridgehead atoms. The fourth-order valence-corrected chi connectivity index (χ4v) is 5.72. The van der Waals surface area contributed by atoms with E-state index in [1.54, 1.807) is 37.4 Å². The largest absolute Gasteiger partial charge is 0.495 e. The van der Waals surface area contributed by atoms with Crippen LogP contribution in [0, 0.1) is 5.92 Å². The van der Waals surface area contributed by atoms with Crippen molar-refractivity contribution in [2.24, 2.45) is 5.92 Å². The molecule has 0 spiro atoms. The number of carbonyl (C=O) groups is 2. The topological polar surface area (TPSA) is 99.7 Å². The van der Waals surface area contributed by atoms with Crippen molar-refractivity contribution in [3.05, 3.63) is 30.0 Å². The summed E-state index contributed by atoms with van der Waals surface area (Å²) in [6.07, 6.45) is 10.7. The number of amides is 2. The Morgan fingerprint density at radius 3 is 2.56 bits per heavy atom. The van der Waals surface area contributed by atoms with Gasteiger partial charge in [0.15, 0.2) is 5.82 Å². The van der Waals surface area contributed by atoms with Crippen molar-refractivity contribution in [2.45, 2.75) is 70.4 Å². The first-order valence-electron chi connectivity index (χ1n) is 13.1. The number of fused-ring (bicyclic) bond motifs is 1. The van der Waals surface area contributed by atoms with Crippen LogP contribution in [0.5, 0.6) is 5.75 Å². The first-order chi connectivity index (χ1) is 17.4. The van der Waals surface area contributed by atoms with E-state index in [1.165, 1.54) is 25.7 Å². The average molecular weight is 493 g/mol. The van der Waals surface area contributed by atoms with E-state index in [4.69, 9.17) is 9.72 Å². The van der Waals surface area contributed by atoms with Gasteiger partial charge in [0, 0.05) is 31.2 Å². The van der Waals surface area contributed by atoms with E-state index >= 15 is 0 Å². The molecule has 2 fully saturated rings. The zero-order valence-corrected chi connectivity index (χ0v) is 21.4. The van der Waals surface area contributed by atoms with Gasteiger partial charge in [-0.1, -0.05) is 32.6 Å². The smallest absolute Gasteiger partial charge is 0.251 e. The third-order valence-corrected chi connectivity index (χ3v) is 7.77. The highest BCUT2D eigenvalue weighted by Gasteiger charge is 2.35. The fraction of sp³-hybridized carbons (Fsp3) is 0.556. The molecule has 9 heteroatoms. The zero-order valence-electron chi connectivity index (χ0n) is 21.4. The third kappa shape index (κ3) is 4.83. The molecule has 36 heavy (non-hydrogen) atoms. The molecule has 3 aliphatic rings. The summed E-state index contributed by atoms with van der Waals surface area (Å²) in [7, 11) is 3.38. The molecule has 9 nitrogen and oxygen atoms in total. The van der Waals surface area contributed by atoms with Crippen LogP contribution in [0.1, 0.15) is 68.6 Å². The molecule has 0 unspecified atom stereocenters. The maximum absolute atomic E-state index is 12.9. The molecule has 192 valence electrons. The van der Waals surface area contributed by atoms with Crippen LogP contribution in [0.15, 0.2) is 24.4 Å². The van der Waals surface area contributed by atoms with Gasteiger partial charge in [0.1, 0.15) is 11.4 Å². The van der Waals surface area contributed by atoms with Crippen LogP contribution in [0.25, 0.3) is 0 Å². The van der Waals surface area contributed by atoms with Crippen LogP contribution in [0.4, 0.5) is 23.1 Å². The van der Waals surface area contributed by atoms with Crippen LogP contribution < -0.4 is 25.2 Å². The van der Waals surface area contributed by atoms with Crippen LogP contribution in [-0.2, 0) is 4.79 Å². The molecule has 2 aromatic rings. The lowest BCUT2D eigenvalue weighted by molar-refractivity contribution is -0.121. The molecule has 2 N–H and O–H groups in total. The molecular formula is C27H36N6O3. The number of hydrogen-bond acceptors (Lipinski definition) is 7. The normalized spacial score (nSPS) is 20.9. The summed E-state index contributed by atoms with van der Waals surface area (Å²) < 4.78 is 5.60. The van der Waals surface area contributed by atoms with Gasteiger partial charge < -0.3 is 25.2 Å². The van der Waals surface area contributed by atoms with Crippen molar-refractivity contribution in [3.8, 4) is 5.75 Å². The van der Waals surface area contributed by atoms with Crippen molar-refractivity contribution in [3.63, 3.8) is 0 Å². The number of nitrogens with one attached hydrogen (secondary N) is 2. The van der Waals surface area contributed by atoms with E-state index < -0.39 is 0 Å². The molecule has 5 rings (SSSR count). The maximum atomic E-state index is 12.9. The van der Waals surface area contributed by atoms with Crippen LogP contribution >= 0.6 is 0 Å². The Morgan fingerprint density at radius 1 is 1.11 bits per heavy atom. The van der Waals surface area contributed by atoms with Gasteiger partial charge in [0.05, 0.1) is 24.9 Å². The van der Waals surface area contributed by atoms with E-state index in [0.29, 0.717) is 35.5 Å². The zero-order chi connectivity index (χ0) is 25.2. The van der Waals surface area contributed by atoms with Gasteiger partial charge in [-0.25, -0.2) is 4.98 Å². The molecule has 1 atom stereocenters. The molecule has 1 aromatic heterocycles. The Kier molecular flexibility index (Phi) is 6.98. The van der Waals surface area contributed by atoms with Gasteiger partial charge in [-0.2, -0.15) is 4.98 Å². The van der Waals surface area contributed by atoms with Crippen molar-refractivity contribution >= 4 is 35.0 Å². The van der Waals surface area contributed by atoms with Gasteiger partial charge in [0.25, 0.3) is 5.91 Å². The minimum Gasteiger partial charge on any atom is -0.495 e. The number of nitrogens with zero attached hydrogens (tertiary/aromatic N) is 4. The van der Waals surface area contributed by atoms with Gasteiger partial charge in [-0.15, -0.1) is 0 Å². The standard InChI is InChI=1S/C27H36N6O3/c1-17-16-33(20-10-6-7-11-20)24-22(32(2)26(17)35)15-28-27(31-24)30-21-13-12-18(14-23(21)36-3)25(34)29-19-8-4-5-9-19/h12-15,17,19-20H,4-11,16H2,1-3H3,(H,29,34)(H,28,30,31)/t17-/m1/s1. The van der Waals surface area contributed by atoms with E-state index in [0.717, 1.165) is 37.2 Å². The minimum absolute atomic E-state index is 0.0780. The second-order valence-electron chi connectivity index (χ2n) is 10.3. The van der Waals surface area contributed by atoms with E-state index in [2.05, 4.69) is 20.5 Å². The first kappa shape index (κ1) is 24.3. The highest BCUT2D eigenvalue weighted by molar-refractivity contribution is 5.99. The molecular weight excluding hydrogens is 456 g/mol. The number of benzene rings is 1. The number of anilines is 4. The lowest BCUT2D eigenvalue weighted by Gasteiger charge is -2.31. The van der Waals surface area contributed by atoms with Crippen molar-refractivity contribution in [1.29, 1.82) is 0 Å². The number of ether oxygens (including phenoxy) is 1. The van der Waals surface area contributed by atoms with E-state index in [1.807, 2.05) is 13.0 Å². The number of aromatic nitrogens is 2. The average Bonchev–Trinajstić information content (AvgIpc) is 3.60. The number of rotatable bonds is 6. The molecule has 2 amide bonds. The Balaban J connectivity index is 1.41. The Labute approximate surface area is 212 Å². The number of hydrogen-bond donors (Lipinski definition) is 2. The predicted molar refractivity (Wildman–Crippen MR) is 140 cm³/mol. The molecule has 0 radical (unpaired) electrons. The maximum Gasteiger partial charge on any atom is 0.251 e. The van der Waals surface area contributed by atoms with Crippen LogP contribution in [0.3, 0.4) is 0 Å². The van der Waals surface area contributed by atoms with Gasteiger partial charge in [0.2, 0.25) is 11.9 Å². The quantitative estimate of drug-likeness (QED) is 0.621. The van der Waals surface area contributed by atoms with E-state index in [-0.39, 0.29) is 23.8 Å². The van der Waals surface area contributed by atoms with Gasteiger partial charge in [-0.05, 0) is 43.9 Å². The monoisotopic (exact) mass is 492 g/mol. The first-order valence-corrected chi connectivity index (χ1v) is 13.1. The molecule has 0 saturated heterocycles. The predicted octanol–water partition coefficient (Wildman–Crippen LogP) is 4.26. The number of carbonyl (C=O) groups excluding carboxylic acids is 2. The van der Waals surface area contributed by atoms with Gasteiger partial charge >= 0.3 is 0 Å². The Bertz CT molecular complexity index is 1130. The van der Waals surface area contributed by atoms with Crippen molar-refractivity contribution in [2.75, 3.05) is 35.8 Å². The molecule has 2 saturated carbocycles. The molecule has 1 aromatic carbocycles. The second-order valence-corrected chi connectivity index (χ2v) is 10.3. The van der Waals surface area contributed by atoms with Crippen LogP contribution in [-0.4, -0.2) is 54.6 Å².